The van der Waals surface area contributed by atoms with Crippen LogP contribution < -0.4 is 5.32 Å². The lowest BCUT2D eigenvalue weighted by atomic mass is 9.84. The quantitative estimate of drug-likeness (QED) is 0.705. The molecule has 0 spiro atoms. The maximum Gasteiger partial charge on any atom is 0.326 e. The van der Waals surface area contributed by atoms with E-state index in [1.165, 1.54) is 0 Å². The number of sulfone groups is 1. The van der Waals surface area contributed by atoms with Gasteiger partial charge in [0.1, 0.15) is 15.9 Å². The molecule has 0 saturated heterocycles. The van der Waals surface area contributed by atoms with E-state index in [-0.39, 0.29) is 35.8 Å². The van der Waals surface area contributed by atoms with Crippen LogP contribution in [0.1, 0.15) is 47.0 Å². The molecule has 0 rings (SSSR count). The number of carboxylic acid groups (broad SMARTS) is 1. The van der Waals surface area contributed by atoms with Crippen molar-refractivity contribution in [3.8, 4) is 0 Å². The molecule has 0 aromatic rings. The van der Waals surface area contributed by atoms with Crippen molar-refractivity contribution in [2.45, 2.75) is 53.0 Å². The molecule has 0 aromatic carbocycles. The second kappa shape index (κ2) is 7.77. The molecule has 6 nitrogen and oxygen atoms in total. The summed E-state index contributed by atoms with van der Waals surface area (Å²) in [6.07, 6.45) is 2.01. The number of carboxylic acids is 1. The van der Waals surface area contributed by atoms with Gasteiger partial charge in [-0.1, -0.05) is 27.7 Å². The number of carbonyl (C=O) groups is 2. The van der Waals surface area contributed by atoms with Gasteiger partial charge >= 0.3 is 5.97 Å². The molecule has 2 atom stereocenters. The Morgan fingerprint density at radius 3 is 2.14 bits per heavy atom. The number of amides is 1. The Morgan fingerprint density at radius 2 is 1.76 bits per heavy atom. The van der Waals surface area contributed by atoms with E-state index in [0.29, 0.717) is 0 Å². The summed E-state index contributed by atoms with van der Waals surface area (Å²) in [4.78, 5) is 22.9. The number of nitrogens with one attached hydrogen (secondary N) is 1. The fraction of sp³-hybridized carbons (Fsp3) is 0.857. The van der Waals surface area contributed by atoms with Crippen LogP contribution in [-0.2, 0) is 19.4 Å². The summed E-state index contributed by atoms with van der Waals surface area (Å²) in [6.45, 7) is 8.17. The van der Waals surface area contributed by atoms with Crippen LogP contribution in [0.3, 0.4) is 0 Å². The van der Waals surface area contributed by atoms with Gasteiger partial charge in [0, 0.05) is 12.7 Å². The molecule has 0 heterocycles. The van der Waals surface area contributed by atoms with E-state index >= 15 is 0 Å². The van der Waals surface area contributed by atoms with E-state index in [0.717, 1.165) is 12.7 Å². The predicted molar refractivity (Wildman–Crippen MR) is 81.7 cm³/mol. The van der Waals surface area contributed by atoms with Gasteiger partial charge in [0.2, 0.25) is 5.91 Å². The van der Waals surface area contributed by atoms with Gasteiger partial charge < -0.3 is 10.4 Å². The smallest absolute Gasteiger partial charge is 0.326 e. The van der Waals surface area contributed by atoms with E-state index in [4.69, 9.17) is 5.11 Å². The van der Waals surface area contributed by atoms with Gasteiger partial charge in [0.05, 0.1) is 5.75 Å². The number of carbonyl (C=O) groups excluding carboxylic acids is 1. The third-order valence-corrected chi connectivity index (χ3v) is 3.88. The van der Waals surface area contributed by atoms with Crippen molar-refractivity contribution in [1.82, 2.24) is 5.32 Å². The predicted octanol–water partition coefficient (Wildman–Crippen LogP) is 1.45. The van der Waals surface area contributed by atoms with E-state index in [1.54, 1.807) is 0 Å². The molecule has 124 valence electrons. The molecule has 21 heavy (non-hydrogen) atoms. The first-order chi connectivity index (χ1) is 9.30. The Morgan fingerprint density at radius 1 is 1.24 bits per heavy atom. The van der Waals surface area contributed by atoms with Gasteiger partial charge in [-0.05, 0) is 24.2 Å². The second-order valence-corrected chi connectivity index (χ2v) is 9.21. The second-order valence-electron chi connectivity index (χ2n) is 6.95. The molecule has 0 aromatic heterocycles. The Kier molecular flexibility index (Phi) is 7.36. The molecule has 2 N–H and O–H groups in total. The Labute approximate surface area is 127 Å². The van der Waals surface area contributed by atoms with Crippen molar-refractivity contribution in [2.75, 3.05) is 12.0 Å². The van der Waals surface area contributed by atoms with Crippen LogP contribution in [0.25, 0.3) is 0 Å². The average molecular weight is 321 g/mol. The summed E-state index contributed by atoms with van der Waals surface area (Å²) in [5, 5.41) is 11.4. The van der Waals surface area contributed by atoms with E-state index in [2.05, 4.69) is 26.1 Å². The first-order valence-corrected chi connectivity index (χ1v) is 9.06. The molecule has 7 heteroatoms. The monoisotopic (exact) mass is 321 g/mol. The Bertz CT molecular complexity index is 464. The van der Waals surface area contributed by atoms with Crippen LogP contribution in [-0.4, -0.2) is 43.5 Å². The highest BCUT2D eigenvalue weighted by Crippen LogP contribution is 2.25. The molecular formula is C14H27NO5S. The van der Waals surface area contributed by atoms with Crippen LogP contribution in [0.15, 0.2) is 0 Å². The average Bonchev–Trinajstić information content (AvgIpc) is 2.19. The lowest BCUT2D eigenvalue weighted by Crippen LogP contribution is -2.42. The standard InChI is InChI=1S/C14H27NO5S/c1-10(9-14(2,3)4)8-12(16)15-11(13(17)18)6-7-21(5,19)20/h10-11H,6-9H2,1-5H3,(H,15,16)(H,17,18). The first kappa shape index (κ1) is 19.9. The van der Waals surface area contributed by atoms with Crippen LogP contribution >= 0.6 is 0 Å². The Balaban J connectivity index is 4.45. The molecule has 0 aliphatic rings. The maximum absolute atomic E-state index is 11.9. The normalized spacial score (nSPS) is 15.3. The van der Waals surface area contributed by atoms with Gasteiger partial charge in [-0.25, -0.2) is 13.2 Å². The lowest BCUT2D eigenvalue weighted by molar-refractivity contribution is -0.142. The van der Waals surface area contributed by atoms with Crippen LogP contribution in [0.4, 0.5) is 0 Å². The molecule has 0 bridgehead atoms. The van der Waals surface area contributed by atoms with E-state index in [9.17, 15) is 18.0 Å². The largest absolute Gasteiger partial charge is 0.480 e. The number of hydrogen-bond donors (Lipinski definition) is 2. The van der Waals surface area contributed by atoms with Crippen LogP contribution in [0.2, 0.25) is 0 Å². The molecule has 0 fully saturated rings. The van der Waals surface area contributed by atoms with E-state index in [1.807, 2.05) is 6.92 Å². The van der Waals surface area contributed by atoms with Crippen molar-refractivity contribution in [2.24, 2.45) is 11.3 Å². The number of rotatable bonds is 8. The fourth-order valence-electron chi connectivity index (χ4n) is 2.28. The summed E-state index contributed by atoms with van der Waals surface area (Å²) >= 11 is 0. The van der Waals surface area contributed by atoms with Gasteiger partial charge in [-0.15, -0.1) is 0 Å². The van der Waals surface area contributed by atoms with Crippen LogP contribution in [0, 0.1) is 11.3 Å². The molecule has 0 aliphatic carbocycles. The van der Waals surface area contributed by atoms with Crippen molar-refractivity contribution < 1.29 is 23.1 Å². The molecule has 0 saturated carbocycles. The van der Waals surface area contributed by atoms with Gasteiger partial charge in [-0.2, -0.15) is 0 Å². The highest BCUT2D eigenvalue weighted by atomic mass is 32.2. The molecule has 1 amide bonds. The SMILES string of the molecule is CC(CC(=O)NC(CCS(C)(=O)=O)C(=O)O)CC(C)(C)C. The third kappa shape index (κ3) is 11.2. The van der Waals surface area contributed by atoms with Crippen molar-refractivity contribution >= 4 is 21.7 Å². The minimum atomic E-state index is -3.25. The topological polar surface area (TPSA) is 101 Å². The van der Waals surface area contributed by atoms with Gasteiger partial charge in [0.25, 0.3) is 0 Å². The molecule has 2 unspecified atom stereocenters. The number of hydrogen-bond acceptors (Lipinski definition) is 4. The third-order valence-electron chi connectivity index (χ3n) is 2.91. The maximum atomic E-state index is 11.9. The zero-order valence-electron chi connectivity index (χ0n) is 13.5. The minimum Gasteiger partial charge on any atom is -0.480 e. The minimum absolute atomic E-state index is 0.0994. The molecule has 0 aliphatic heterocycles. The molecular weight excluding hydrogens is 294 g/mol. The summed E-state index contributed by atoms with van der Waals surface area (Å²) in [7, 11) is -3.25. The van der Waals surface area contributed by atoms with Crippen molar-refractivity contribution in [3.63, 3.8) is 0 Å². The summed E-state index contributed by atoms with van der Waals surface area (Å²) in [6, 6.07) is -1.16. The number of aliphatic carboxylic acids is 1. The molecule has 0 radical (unpaired) electrons. The lowest BCUT2D eigenvalue weighted by Gasteiger charge is -2.23. The first-order valence-electron chi connectivity index (χ1n) is 7.00. The van der Waals surface area contributed by atoms with Gasteiger partial charge in [0.15, 0.2) is 0 Å². The highest BCUT2D eigenvalue weighted by Gasteiger charge is 2.23. The Hall–Kier alpha value is -1.11. The fourth-order valence-corrected chi connectivity index (χ4v) is 2.94. The summed E-state index contributed by atoms with van der Waals surface area (Å²) in [5.41, 5.74) is 0.0994. The summed E-state index contributed by atoms with van der Waals surface area (Å²) < 4.78 is 22.1. The summed E-state index contributed by atoms with van der Waals surface area (Å²) in [5.74, 6) is -1.70. The van der Waals surface area contributed by atoms with Crippen LogP contribution in [0.5, 0.6) is 0 Å². The van der Waals surface area contributed by atoms with Crippen molar-refractivity contribution in [1.29, 1.82) is 0 Å². The van der Waals surface area contributed by atoms with Crippen molar-refractivity contribution in [3.05, 3.63) is 0 Å². The van der Waals surface area contributed by atoms with Gasteiger partial charge in [-0.3, -0.25) is 4.79 Å². The zero-order chi connectivity index (χ0) is 16.8. The van der Waals surface area contributed by atoms with E-state index < -0.39 is 21.8 Å². The highest BCUT2D eigenvalue weighted by molar-refractivity contribution is 7.90. The zero-order valence-corrected chi connectivity index (χ0v) is 14.3.